The molecule has 2 aliphatic heterocycles. The van der Waals surface area contributed by atoms with Crippen molar-refractivity contribution in [1.82, 2.24) is 0 Å². The smallest absolute Gasteiger partial charge is 0.186 e. The van der Waals surface area contributed by atoms with Gasteiger partial charge in [-0.25, -0.2) is 0 Å². The molecular formula is C12H14O4. The van der Waals surface area contributed by atoms with Crippen LogP contribution in [0.1, 0.15) is 5.56 Å². The first-order valence-electron chi connectivity index (χ1n) is 5.45. The van der Waals surface area contributed by atoms with Gasteiger partial charge in [-0.05, 0) is 5.56 Å². The molecule has 4 atom stereocenters. The lowest BCUT2D eigenvalue weighted by Crippen LogP contribution is -2.38. The molecule has 16 heavy (non-hydrogen) atoms. The summed E-state index contributed by atoms with van der Waals surface area (Å²) in [6.45, 7) is 0.800. The number of aliphatic hydroxyl groups is 1. The molecule has 2 aliphatic rings. The van der Waals surface area contributed by atoms with E-state index in [-0.39, 0.29) is 18.5 Å². The van der Waals surface area contributed by atoms with Crippen LogP contribution in [-0.2, 0) is 20.8 Å². The molecule has 0 amide bonds. The Morgan fingerprint density at radius 2 is 2.06 bits per heavy atom. The molecule has 4 nitrogen and oxygen atoms in total. The van der Waals surface area contributed by atoms with E-state index < -0.39 is 6.10 Å². The van der Waals surface area contributed by atoms with Gasteiger partial charge in [-0.15, -0.1) is 0 Å². The minimum atomic E-state index is -0.499. The Kier molecular flexibility index (Phi) is 2.65. The standard InChI is InChI=1S/C12H14O4/c13-9-7-15-12(11-10(9)16-11)14-6-8-4-2-1-3-5-8/h1-5,9-13H,6-7H2/t9?,10?,11-,12?/m1/s1. The summed E-state index contributed by atoms with van der Waals surface area (Å²) in [6, 6.07) is 9.92. The Morgan fingerprint density at radius 1 is 1.25 bits per heavy atom. The second kappa shape index (κ2) is 4.14. The average Bonchev–Trinajstić information content (AvgIpc) is 3.11. The van der Waals surface area contributed by atoms with Gasteiger partial charge < -0.3 is 19.3 Å². The first-order valence-corrected chi connectivity index (χ1v) is 5.45. The molecule has 4 heteroatoms. The zero-order valence-corrected chi connectivity index (χ0v) is 8.78. The van der Waals surface area contributed by atoms with Crippen molar-refractivity contribution < 1.29 is 19.3 Å². The second-order valence-electron chi connectivity index (χ2n) is 4.13. The van der Waals surface area contributed by atoms with Crippen LogP contribution < -0.4 is 0 Å². The zero-order chi connectivity index (χ0) is 11.0. The highest BCUT2D eigenvalue weighted by Gasteiger charge is 2.54. The molecule has 2 fully saturated rings. The van der Waals surface area contributed by atoms with Gasteiger partial charge in [-0.2, -0.15) is 0 Å². The maximum Gasteiger partial charge on any atom is 0.186 e. The third-order valence-corrected chi connectivity index (χ3v) is 2.90. The summed E-state index contributed by atoms with van der Waals surface area (Å²) in [7, 11) is 0. The number of benzene rings is 1. The van der Waals surface area contributed by atoms with Crippen molar-refractivity contribution in [1.29, 1.82) is 0 Å². The summed E-state index contributed by atoms with van der Waals surface area (Å²) < 4.78 is 16.3. The Balaban J connectivity index is 1.53. The topological polar surface area (TPSA) is 51.2 Å². The molecule has 1 aromatic carbocycles. The Morgan fingerprint density at radius 3 is 2.88 bits per heavy atom. The molecule has 0 saturated carbocycles. The van der Waals surface area contributed by atoms with Crippen molar-refractivity contribution in [3.8, 4) is 0 Å². The van der Waals surface area contributed by atoms with Gasteiger partial charge in [0.05, 0.1) is 13.2 Å². The van der Waals surface area contributed by atoms with Crippen LogP contribution >= 0.6 is 0 Å². The lowest BCUT2D eigenvalue weighted by molar-refractivity contribution is -0.182. The lowest BCUT2D eigenvalue weighted by atomic mass is 10.1. The molecule has 3 unspecified atom stereocenters. The van der Waals surface area contributed by atoms with Gasteiger partial charge in [0.2, 0.25) is 0 Å². The number of epoxide rings is 1. The van der Waals surface area contributed by atoms with Crippen LogP contribution in [0.4, 0.5) is 0 Å². The summed E-state index contributed by atoms with van der Waals surface area (Å²) >= 11 is 0. The van der Waals surface area contributed by atoms with Gasteiger partial charge in [0.25, 0.3) is 0 Å². The van der Waals surface area contributed by atoms with Crippen LogP contribution in [0, 0.1) is 0 Å². The normalized spacial score (nSPS) is 36.8. The monoisotopic (exact) mass is 222 g/mol. The van der Waals surface area contributed by atoms with E-state index in [1.54, 1.807) is 0 Å². The van der Waals surface area contributed by atoms with E-state index in [1.807, 2.05) is 30.3 Å². The van der Waals surface area contributed by atoms with E-state index in [4.69, 9.17) is 14.2 Å². The molecule has 0 spiro atoms. The number of ether oxygens (including phenoxy) is 3. The molecule has 2 heterocycles. The number of fused-ring (bicyclic) bond motifs is 1. The average molecular weight is 222 g/mol. The molecule has 86 valence electrons. The highest BCUT2D eigenvalue weighted by molar-refractivity contribution is 5.13. The molecule has 0 bridgehead atoms. The first kappa shape index (κ1) is 10.2. The fourth-order valence-electron chi connectivity index (χ4n) is 1.94. The molecular weight excluding hydrogens is 208 g/mol. The van der Waals surface area contributed by atoms with Crippen molar-refractivity contribution >= 4 is 0 Å². The third-order valence-electron chi connectivity index (χ3n) is 2.90. The minimum absolute atomic E-state index is 0.0884. The maximum atomic E-state index is 9.42. The van der Waals surface area contributed by atoms with Gasteiger partial charge in [0.1, 0.15) is 18.3 Å². The van der Waals surface area contributed by atoms with Crippen LogP contribution in [0.25, 0.3) is 0 Å². The van der Waals surface area contributed by atoms with Crippen molar-refractivity contribution in [2.24, 2.45) is 0 Å². The summed E-state index contributed by atoms with van der Waals surface area (Å²) in [5.74, 6) is 0. The van der Waals surface area contributed by atoms with E-state index in [0.717, 1.165) is 5.56 Å². The van der Waals surface area contributed by atoms with Crippen molar-refractivity contribution in [2.45, 2.75) is 31.2 Å². The molecule has 2 saturated heterocycles. The van der Waals surface area contributed by atoms with E-state index in [0.29, 0.717) is 13.2 Å². The molecule has 1 aromatic rings. The number of rotatable bonds is 3. The van der Waals surface area contributed by atoms with Crippen molar-refractivity contribution in [3.63, 3.8) is 0 Å². The fourth-order valence-corrected chi connectivity index (χ4v) is 1.94. The quantitative estimate of drug-likeness (QED) is 0.764. The Bertz CT molecular complexity index is 353. The van der Waals surface area contributed by atoms with Gasteiger partial charge in [-0.3, -0.25) is 0 Å². The fraction of sp³-hybridized carbons (Fsp3) is 0.500. The number of hydrogen-bond acceptors (Lipinski definition) is 4. The zero-order valence-electron chi connectivity index (χ0n) is 8.78. The third kappa shape index (κ3) is 1.97. The maximum absolute atomic E-state index is 9.42. The molecule has 0 aromatic heterocycles. The van der Waals surface area contributed by atoms with E-state index >= 15 is 0 Å². The van der Waals surface area contributed by atoms with Gasteiger partial charge in [0.15, 0.2) is 6.29 Å². The van der Waals surface area contributed by atoms with Gasteiger partial charge in [-0.1, -0.05) is 30.3 Å². The highest BCUT2D eigenvalue weighted by Crippen LogP contribution is 2.35. The Labute approximate surface area is 93.7 Å². The minimum Gasteiger partial charge on any atom is -0.388 e. The summed E-state index contributed by atoms with van der Waals surface area (Å²) in [5, 5.41) is 9.42. The largest absolute Gasteiger partial charge is 0.388 e. The van der Waals surface area contributed by atoms with Crippen LogP contribution in [-0.4, -0.2) is 36.3 Å². The van der Waals surface area contributed by atoms with Crippen LogP contribution in [0.5, 0.6) is 0 Å². The van der Waals surface area contributed by atoms with Crippen LogP contribution in [0.2, 0.25) is 0 Å². The lowest BCUT2D eigenvalue weighted by Gasteiger charge is -2.22. The predicted octanol–water partition coefficient (Wildman–Crippen LogP) is 0.688. The molecule has 0 aliphatic carbocycles. The summed E-state index contributed by atoms with van der Waals surface area (Å²) in [6.07, 6.45) is -1.02. The predicted molar refractivity (Wildman–Crippen MR) is 55.6 cm³/mol. The van der Waals surface area contributed by atoms with Crippen LogP contribution in [0.3, 0.4) is 0 Å². The first-order chi connectivity index (χ1) is 7.84. The Hall–Kier alpha value is -0.940. The van der Waals surface area contributed by atoms with E-state index in [2.05, 4.69) is 0 Å². The highest BCUT2D eigenvalue weighted by atomic mass is 16.7. The van der Waals surface area contributed by atoms with Crippen molar-refractivity contribution in [2.75, 3.05) is 6.61 Å². The molecule has 3 rings (SSSR count). The van der Waals surface area contributed by atoms with E-state index in [9.17, 15) is 5.11 Å². The molecule has 0 radical (unpaired) electrons. The SMILES string of the molecule is OC1COC(OCc2ccccc2)[C@@H]2OC12. The number of hydrogen-bond donors (Lipinski definition) is 1. The summed E-state index contributed by atoms with van der Waals surface area (Å²) in [5.41, 5.74) is 1.11. The van der Waals surface area contributed by atoms with Gasteiger partial charge in [0, 0.05) is 0 Å². The summed E-state index contributed by atoms with van der Waals surface area (Å²) in [4.78, 5) is 0. The van der Waals surface area contributed by atoms with E-state index in [1.165, 1.54) is 0 Å². The number of aliphatic hydroxyl groups excluding tert-OH is 1. The second-order valence-corrected chi connectivity index (χ2v) is 4.13. The van der Waals surface area contributed by atoms with Gasteiger partial charge >= 0.3 is 0 Å². The molecule has 1 N–H and O–H groups in total. The van der Waals surface area contributed by atoms with Crippen molar-refractivity contribution in [3.05, 3.63) is 35.9 Å². The van der Waals surface area contributed by atoms with Crippen LogP contribution in [0.15, 0.2) is 30.3 Å².